The fourth-order valence-electron chi connectivity index (χ4n) is 4.12. The summed E-state index contributed by atoms with van der Waals surface area (Å²) in [5.74, 6) is 0.850. The SMILES string of the molecule is O=c1c2c3c(sc2[nH]c(=S)n1CC1(C2CC2)CC1)CCC3. The summed E-state index contributed by atoms with van der Waals surface area (Å²) in [4.78, 5) is 18.7. The maximum atomic E-state index is 13.0. The van der Waals surface area contributed by atoms with Crippen molar-refractivity contribution in [2.45, 2.75) is 51.5 Å². The Morgan fingerprint density at radius 1 is 1.33 bits per heavy atom. The van der Waals surface area contributed by atoms with E-state index in [0.717, 1.165) is 35.5 Å². The number of fused-ring (bicyclic) bond motifs is 3. The maximum Gasteiger partial charge on any atom is 0.263 e. The van der Waals surface area contributed by atoms with E-state index < -0.39 is 0 Å². The van der Waals surface area contributed by atoms with E-state index in [2.05, 4.69) is 4.98 Å². The van der Waals surface area contributed by atoms with Gasteiger partial charge in [0.25, 0.3) is 5.56 Å². The highest BCUT2D eigenvalue weighted by molar-refractivity contribution is 7.71. The highest BCUT2D eigenvalue weighted by atomic mass is 32.1. The summed E-state index contributed by atoms with van der Waals surface area (Å²) in [6, 6.07) is 0. The first-order valence-electron chi connectivity index (χ1n) is 7.95. The Morgan fingerprint density at radius 2 is 2.14 bits per heavy atom. The van der Waals surface area contributed by atoms with Gasteiger partial charge in [0.2, 0.25) is 0 Å². The van der Waals surface area contributed by atoms with E-state index in [9.17, 15) is 4.79 Å². The van der Waals surface area contributed by atoms with Crippen LogP contribution in [-0.2, 0) is 19.4 Å². The van der Waals surface area contributed by atoms with Crippen LogP contribution in [0.15, 0.2) is 4.79 Å². The second-order valence-electron chi connectivity index (χ2n) is 7.02. The van der Waals surface area contributed by atoms with Gasteiger partial charge in [0.05, 0.1) is 5.39 Å². The molecule has 110 valence electrons. The molecule has 2 saturated carbocycles. The third-order valence-electron chi connectivity index (χ3n) is 5.65. The van der Waals surface area contributed by atoms with Crippen molar-refractivity contribution in [1.29, 1.82) is 0 Å². The van der Waals surface area contributed by atoms with Gasteiger partial charge >= 0.3 is 0 Å². The first-order chi connectivity index (χ1) is 10.2. The molecule has 0 radical (unpaired) electrons. The molecule has 5 rings (SSSR count). The van der Waals surface area contributed by atoms with Crippen molar-refractivity contribution < 1.29 is 0 Å². The number of hydrogen-bond acceptors (Lipinski definition) is 3. The number of nitrogens with zero attached hydrogens (tertiary/aromatic N) is 1. The summed E-state index contributed by atoms with van der Waals surface area (Å²) >= 11 is 7.23. The molecule has 21 heavy (non-hydrogen) atoms. The van der Waals surface area contributed by atoms with Gasteiger partial charge in [0.15, 0.2) is 4.77 Å². The Morgan fingerprint density at radius 3 is 2.86 bits per heavy atom. The molecule has 3 aliphatic carbocycles. The predicted molar refractivity (Wildman–Crippen MR) is 87.7 cm³/mol. The largest absolute Gasteiger partial charge is 0.323 e. The number of aromatic amines is 1. The number of hydrogen-bond donors (Lipinski definition) is 1. The molecule has 0 unspecified atom stereocenters. The molecule has 1 N–H and O–H groups in total. The van der Waals surface area contributed by atoms with Crippen molar-refractivity contribution in [3.8, 4) is 0 Å². The fraction of sp³-hybridized carbons (Fsp3) is 0.625. The zero-order valence-electron chi connectivity index (χ0n) is 11.9. The molecule has 0 atom stereocenters. The highest BCUT2D eigenvalue weighted by Crippen LogP contribution is 2.62. The van der Waals surface area contributed by atoms with Gasteiger partial charge in [0.1, 0.15) is 4.83 Å². The number of aryl methyl sites for hydroxylation is 2. The van der Waals surface area contributed by atoms with Gasteiger partial charge in [0, 0.05) is 11.4 Å². The average molecular weight is 318 g/mol. The van der Waals surface area contributed by atoms with Crippen LogP contribution in [0.3, 0.4) is 0 Å². The van der Waals surface area contributed by atoms with Crippen molar-refractivity contribution in [1.82, 2.24) is 9.55 Å². The van der Waals surface area contributed by atoms with E-state index in [1.54, 1.807) is 11.3 Å². The molecule has 0 saturated heterocycles. The second kappa shape index (κ2) is 4.07. The Bertz CT molecular complexity index is 865. The summed E-state index contributed by atoms with van der Waals surface area (Å²) in [7, 11) is 0. The number of nitrogens with one attached hydrogen (secondary N) is 1. The monoisotopic (exact) mass is 318 g/mol. The fourth-order valence-corrected chi connectivity index (χ4v) is 5.72. The first-order valence-corrected chi connectivity index (χ1v) is 9.18. The van der Waals surface area contributed by atoms with Crippen LogP contribution in [0.1, 0.15) is 42.5 Å². The molecular weight excluding hydrogens is 300 g/mol. The predicted octanol–water partition coefficient (Wildman–Crippen LogP) is 3.80. The zero-order valence-corrected chi connectivity index (χ0v) is 13.5. The molecule has 2 aromatic heterocycles. The first kappa shape index (κ1) is 12.6. The summed E-state index contributed by atoms with van der Waals surface area (Å²) in [5.41, 5.74) is 1.87. The van der Waals surface area contributed by atoms with Gasteiger partial charge in [-0.15, -0.1) is 11.3 Å². The molecule has 3 aliphatic rings. The molecule has 3 nitrogen and oxygen atoms in total. The molecular formula is C16H18N2OS2. The van der Waals surface area contributed by atoms with E-state index in [4.69, 9.17) is 12.2 Å². The maximum absolute atomic E-state index is 13.0. The van der Waals surface area contributed by atoms with Crippen LogP contribution in [0.25, 0.3) is 10.2 Å². The van der Waals surface area contributed by atoms with Gasteiger partial charge in [-0.25, -0.2) is 0 Å². The molecule has 2 aromatic rings. The van der Waals surface area contributed by atoms with Crippen LogP contribution in [0.5, 0.6) is 0 Å². The zero-order chi connectivity index (χ0) is 14.2. The van der Waals surface area contributed by atoms with E-state index >= 15 is 0 Å². The molecule has 0 aliphatic heterocycles. The lowest BCUT2D eigenvalue weighted by atomic mass is 10.0. The molecule has 0 amide bonds. The second-order valence-corrected chi connectivity index (χ2v) is 8.51. The molecule has 0 spiro atoms. The molecule has 0 aromatic carbocycles. The highest BCUT2D eigenvalue weighted by Gasteiger charge is 2.54. The Labute approximate surface area is 132 Å². The minimum absolute atomic E-state index is 0.167. The van der Waals surface area contributed by atoms with Crippen molar-refractivity contribution in [3.63, 3.8) is 0 Å². The van der Waals surface area contributed by atoms with Gasteiger partial charge in [-0.3, -0.25) is 9.36 Å². The Kier molecular flexibility index (Phi) is 2.44. The van der Waals surface area contributed by atoms with Crippen molar-refractivity contribution in [2.24, 2.45) is 11.3 Å². The minimum atomic E-state index is 0.167. The van der Waals surface area contributed by atoms with Crippen LogP contribution < -0.4 is 5.56 Å². The van der Waals surface area contributed by atoms with E-state index in [1.807, 2.05) is 4.57 Å². The lowest BCUT2D eigenvalue weighted by Gasteiger charge is -2.16. The van der Waals surface area contributed by atoms with Crippen LogP contribution >= 0.6 is 23.6 Å². The number of H-pyrrole nitrogens is 1. The van der Waals surface area contributed by atoms with Gasteiger partial charge in [-0.2, -0.15) is 0 Å². The van der Waals surface area contributed by atoms with Crippen molar-refractivity contribution in [2.75, 3.05) is 0 Å². The quantitative estimate of drug-likeness (QED) is 0.874. The Hall–Kier alpha value is -0.940. The standard InChI is InChI=1S/C16H18N2OS2/c19-14-12-10-2-1-3-11(10)21-13(12)17-15(20)18(14)8-16(6-7-16)9-4-5-9/h9H,1-8H2,(H,17,20). The molecule has 2 heterocycles. The van der Waals surface area contributed by atoms with Gasteiger partial charge < -0.3 is 4.98 Å². The van der Waals surface area contributed by atoms with Crippen LogP contribution in [0, 0.1) is 16.1 Å². The molecule has 5 heteroatoms. The van der Waals surface area contributed by atoms with Crippen LogP contribution in [-0.4, -0.2) is 9.55 Å². The topological polar surface area (TPSA) is 37.8 Å². The molecule has 0 bridgehead atoms. The van der Waals surface area contributed by atoms with Crippen LogP contribution in [0.4, 0.5) is 0 Å². The van der Waals surface area contributed by atoms with Crippen LogP contribution in [0.2, 0.25) is 0 Å². The molecule has 2 fully saturated rings. The normalized spacial score (nSPS) is 22.7. The third-order valence-corrected chi connectivity index (χ3v) is 7.18. The average Bonchev–Trinajstić information content (AvgIpc) is 3.33. The summed E-state index contributed by atoms with van der Waals surface area (Å²) in [6.45, 7) is 0.840. The minimum Gasteiger partial charge on any atom is -0.323 e. The van der Waals surface area contributed by atoms with E-state index in [0.29, 0.717) is 10.2 Å². The number of aromatic nitrogens is 2. The summed E-state index contributed by atoms with van der Waals surface area (Å²) < 4.78 is 2.49. The van der Waals surface area contributed by atoms with E-state index in [1.165, 1.54) is 42.5 Å². The number of rotatable bonds is 3. The lowest BCUT2D eigenvalue weighted by Crippen LogP contribution is -2.27. The Balaban J connectivity index is 1.69. The smallest absolute Gasteiger partial charge is 0.263 e. The third kappa shape index (κ3) is 1.77. The number of thiophene rings is 1. The van der Waals surface area contributed by atoms with Gasteiger partial charge in [-0.05, 0) is 74.1 Å². The summed E-state index contributed by atoms with van der Waals surface area (Å²) in [5, 5.41) is 0.938. The van der Waals surface area contributed by atoms with E-state index in [-0.39, 0.29) is 5.56 Å². The summed E-state index contributed by atoms with van der Waals surface area (Å²) in [6.07, 6.45) is 8.63. The van der Waals surface area contributed by atoms with Crippen molar-refractivity contribution >= 4 is 33.8 Å². The van der Waals surface area contributed by atoms with Gasteiger partial charge in [-0.1, -0.05) is 0 Å². The van der Waals surface area contributed by atoms with Crippen molar-refractivity contribution in [3.05, 3.63) is 25.6 Å². The lowest BCUT2D eigenvalue weighted by molar-refractivity contribution is 0.361.